The minimum atomic E-state index is -0.672. The van der Waals surface area contributed by atoms with Crippen LogP contribution in [0.25, 0.3) is 16.8 Å². The average Bonchev–Trinajstić information content (AvgIpc) is 3.21. The Kier molecular flexibility index (Phi) is 5.04. The lowest BCUT2D eigenvalue weighted by Gasteiger charge is -2.16. The Labute approximate surface area is 175 Å². The summed E-state index contributed by atoms with van der Waals surface area (Å²) in [6, 6.07) is 8.81. The molecule has 9 nitrogen and oxygen atoms in total. The number of rotatable bonds is 5. The molecule has 0 saturated carbocycles. The third kappa shape index (κ3) is 3.78. The summed E-state index contributed by atoms with van der Waals surface area (Å²) in [5.41, 5.74) is 2.31. The lowest BCUT2D eigenvalue weighted by atomic mass is 9.96. The smallest absolute Gasteiger partial charge is 0.358 e. The van der Waals surface area contributed by atoms with Crippen molar-refractivity contribution in [1.29, 1.82) is 0 Å². The van der Waals surface area contributed by atoms with E-state index in [1.54, 1.807) is 18.2 Å². The standard InChI is InChI=1S/C21H16FN5O4/c1-2-19(28)24-18-10-14(4-6-17(18)22)26-11-16(20(25-26)27(30)31)12-3-5-15-13(9-12)7-8-23-21(15)29/h2-6,9-11H,1,7-8H2,(H,23,29)(H,24,28). The molecule has 10 heteroatoms. The fourth-order valence-corrected chi connectivity index (χ4v) is 3.37. The molecule has 0 bridgehead atoms. The monoisotopic (exact) mass is 421 g/mol. The molecular weight excluding hydrogens is 405 g/mol. The summed E-state index contributed by atoms with van der Waals surface area (Å²) in [6.45, 7) is 3.81. The van der Waals surface area contributed by atoms with Gasteiger partial charge in [-0.25, -0.2) is 4.39 Å². The lowest BCUT2D eigenvalue weighted by Crippen LogP contribution is -2.31. The van der Waals surface area contributed by atoms with E-state index >= 15 is 0 Å². The molecule has 1 aliphatic rings. The number of anilines is 1. The highest BCUT2D eigenvalue weighted by Gasteiger charge is 2.25. The molecular formula is C21H16FN5O4. The molecule has 2 aromatic carbocycles. The first kappa shape index (κ1) is 20.0. The maximum Gasteiger partial charge on any atom is 0.398 e. The molecule has 4 rings (SSSR count). The van der Waals surface area contributed by atoms with Crippen LogP contribution in [0.2, 0.25) is 0 Å². The Morgan fingerprint density at radius 1 is 1.29 bits per heavy atom. The number of halogens is 1. The van der Waals surface area contributed by atoms with Gasteiger partial charge in [0.05, 0.1) is 22.7 Å². The second kappa shape index (κ2) is 7.82. The molecule has 1 aromatic heterocycles. The fourth-order valence-electron chi connectivity index (χ4n) is 3.37. The quantitative estimate of drug-likeness (QED) is 0.373. The van der Waals surface area contributed by atoms with Crippen molar-refractivity contribution in [3.05, 3.63) is 82.3 Å². The molecule has 0 aliphatic carbocycles. The first-order valence-corrected chi connectivity index (χ1v) is 9.26. The van der Waals surface area contributed by atoms with Crippen molar-refractivity contribution in [1.82, 2.24) is 15.1 Å². The maximum atomic E-state index is 14.0. The molecule has 2 amide bonds. The van der Waals surface area contributed by atoms with Crippen LogP contribution in [0.1, 0.15) is 15.9 Å². The van der Waals surface area contributed by atoms with Gasteiger partial charge in [0.15, 0.2) is 0 Å². The van der Waals surface area contributed by atoms with E-state index in [-0.39, 0.29) is 23.0 Å². The van der Waals surface area contributed by atoms with Crippen LogP contribution in [0.15, 0.2) is 55.3 Å². The van der Waals surface area contributed by atoms with Gasteiger partial charge in [0.25, 0.3) is 5.91 Å². The summed E-state index contributed by atoms with van der Waals surface area (Å²) >= 11 is 0. The molecule has 0 saturated heterocycles. The molecule has 2 heterocycles. The molecule has 1 aliphatic heterocycles. The molecule has 3 aromatic rings. The van der Waals surface area contributed by atoms with E-state index in [0.29, 0.717) is 29.8 Å². The van der Waals surface area contributed by atoms with E-state index in [4.69, 9.17) is 0 Å². The van der Waals surface area contributed by atoms with E-state index in [1.807, 2.05) is 0 Å². The Morgan fingerprint density at radius 3 is 2.84 bits per heavy atom. The number of fused-ring (bicyclic) bond motifs is 1. The van der Waals surface area contributed by atoms with Crippen LogP contribution >= 0.6 is 0 Å². The largest absolute Gasteiger partial charge is 0.398 e. The fraction of sp³-hybridized carbons (Fsp3) is 0.0952. The number of amides is 2. The van der Waals surface area contributed by atoms with Crippen molar-refractivity contribution >= 4 is 23.3 Å². The molecule has 0 fully saturated rings. The van der Waals surface area contributed by atoms with Gasteiger partial charge in [-0.15, -0.1) is 4.68 Å². The van der Waals surface area contributed by atoms with Gasteiger partial charge in [0.1, 0.15) is 11.4 Å². The summed E-state index contributed by atoms with van der Waals surface area (Å²) in [7, 11) is 0. The van der Waals surface area contributed by atoms with Crippen molar-refractivity contribution < 1.29 is 18.9 Å². The number of carbonyl (C=O) groups excluding carboxylic acids is 2. The highest BCUT2D eigenvalue weighted by atomic mass is 19.1. The maximum absolute atomic E-state index is 14.0. The van der Waals surface area contributed by atoms with Gasteiger partial charge in [0, 0.05) is 12.1 Å². The first-order chi connectivity index (χ1) is 14.9. The molecule has 0 radical (unpaired) electrons. The molecule has 0 spiro atoms. The van der Waals surface area contributed by atoms with Crippen molar-refractivity contribution in [2.45, 2.75) is 6.42 Å². The zero-order valence-electron chi connectivity index (χ0n) is 16.1. The van der Waals surface area contributed by atoms with E-state index in [1.165, 1.54) is 23.0 Å². The van der Waals surface area contributed by atoms with Crippen LogP contribution in [0.4, 0.5) is 15.9 Å². The van der Waals surface area contributed by atoms with E-state index in [9.17, 15) is 24.1 Å². The number of benzene rings is 2. The predicted octanol–water partition coefficient (Wildman–Crippen LogP) is 3.00. The number of hydrogen-bond donors (Lipinski definition) is 2. The Morgan fingerprint density at radius 2 is 2.10 bits per heavy atom. The third-order valence-corrected chi connectivity index (χ3v) is 4.87. The summed E-state index contributed by atoms with van der Waals surface area (Å²) in [4.78, 5) is 34.5. The third-order valence-electron chi connectivity index (χ3n) is 4.87. The van der Waals surface area contributed by atoms with Crippen LogP contribution in [0.5, 0.6) is 0 Å². The van der Waals surface area contributed by atoms with Gasteiger partial charge in [0.2, 0.25) is 5.91 Å². The van der Waals surface area contributed by atoms with Crippen LogP contribution in [-0.2, 0) is 11.2 Å². The van der Waals surface area contributed by atoms with Crippen molar-refractivity contribution in [2.75, 3.05) is 11.9 Å². The average molecular weight is 421 g/mol. The van der Waals surface area contributed by atoms with Gasteiger partial charge >= 0.3 is 5.82 Å². The second-order valence-electron chi connectivity index (χ2n) is 6.80. The van der Waals surface area contributed by atoms with Gasteiger partial charge in [-0.3, -0.25) is 9.59 Å². The Hall–Kier alpha value is -4.34. The van der Waals surface area contributed by atoms with Gasteiger partial charge in [-0.1, -0.05) is 12.6 Å². The minimum absolute atomic E-state index is 0.109. The summed E-state index contributed by atoms with van der Waals surface area (Å²) in [5.74, 6) is -1.84. The molecule has 0 atom stereocenters. The molecule has 31 heavy (non-hydrogen) atoms. The van der Waals surface area contributed by atoms with Gasteiger partial charge in [-0.05, 0) is 58.9 Å². The van der Waals surface area contributed by atoms with Crippen LogP contribution < -0.4 is 10.6 Å². The molecule has 2 N–H and O–H groups in total. The van der Waals surface area contributed by atoms with E-state index < -0.39 is 16.6 Å². The van der Waals surface area contributed by atoms with Gasteiger partial charge in [-0.2, -0.15) is 0 Å². The van der Waals surface area contributed by atoms with Crippen LogP contribution in [-0.4, -0.2) is 33.1 Å². The number of aromatic nitrogens is 2. The van der Waals surface area contributed by atoms with Crippen molar-refractivity contribution in [3.8, 4) is 16.8 Å². The number of carbonyl (C=O) groups is 2. The zero-order valence-corrected chi connectivity index (χ0v) is 16.1. The predicted molar refractivity (Wildman–Crippen MR) is 110 cm³/mol. The van der Waals surface area contributed by atoms with Crippen molar-refractivity contribution in [3.63, 3.8) is 0 Å². The lowest BCUT2D eigenvalue weighted by molar-refractivity contribution is -0.389. The zero-order chi connectivity index (χ0) is 22.1. The SMILES string of the molecule is C=CC(=O)Nc1cc(-n2cc(-c3ccc4c(c3)CCNC4=O)c([N+](=O)[O-])n2)ccc1F. The van der Waals surface area contributed by atoms with Crippen molar-refractivity contribution in [2.24, 2.45) is 0 Å². The Bertz CT molecular complexity index is 1250. The summed E-state index contributed by atoms with van der Waals surface area (Å²) in [5, 5.41) is 20.7. The minimum Gasteiger partial charge on any atom is -0.358 e. The normalized spacial score (nSPS) is 12.6. The molecule has 156 valence electrons. The number of nitro groups is 1. The van der Waals surface area contributed by atoms with Crippen LogP contribution in [0.3, 0.4) is 0 Å². The number of hydrogen-bond acceptors (Lipinski definition) is 5. The first-order valence-electron chi connectivity index (χ1n) is 9.26. The van der Waals surface area contributed by atoms with Crippen LogP contribution in [0, 0.1) is 15.9 Å². The topological polar surface area (TPSA) is 119 Å². The summed E-state index contributed by atoms with van der Waals surface area (Å²) < 4.78 is 15.3. The highest BCUT2D eigenvalue weighted by Crippen LogP contribution is 2.32. The van der Waals surface area contributed by atoms with Gasteiger partial charge < -0.3 is 20.7 Å². The number of nitrogens with one attached hydrogen (secondary N) is 2. The Balaban J connectivity index is 1.78. The second-order valence-corrected chi connectivity index (χ2v) is 6.80. The highest BCUT2D eigenvalue weighted by molar-refractivity contribution is 5.99. The van der Waals surface area contributed by atoms with E-state index in [0.717, 1.165) is 17.7 Å². The summed E-state index contributed by atoms with van der Waals surface area (Å²) in [6.07, 6.45) is 3.07. The molecule has 0 unspecified atom stereocenters. The number of nitrogens with zero attached hydrogens (tertiary/aromatic N) is 3. The van der Waals surface area contributed by atoms with E-state index in [2.05, 4.69) is 22.3 Å².